The summed E-state index contributed by atoms with van der Waals surface area (Å²) in [6, 6.07) is 12.1. The van der Waals surface area contributed by atoms with Crippen LogP contribution < -0.4 is 15.6 Å². The lowest BCUT2D eigenvalue weighted by molar-refractivity contribution is -0.137. The number of hydrogen-bond acceptors (Lipinski definition) is 4. The lowest BCUT2D eigenvalue weighted by atomic mass is 10.2. The SMILES string of the molecule is Cc1cc(=O)c(C(=O)Nc2ccc(N3CCCC3=O)cc2)nn1-c1cccc(C(F)(F)F)c1. The lowest BCUT2D eigenvalue weighted by Crippen LogP contribution is -2.27. The van der Waals surface area contributed by atoms with Crippen LogP contribution in [0.4, 0.5) is 24.5 Å². The molecule has 0 saturated carbocycles. The highest BCUT2D eigenvalue weighted by Gasteiger charge is 2.30. The van der Waals surface area contributed by atoms with Gasteiger partial charge in [-0.05, 0) is 55.8 Å². The van der Waals surface area contributed by atoms with Crippen molar-refractivity contribution in [2.45, 2.75) is 25.9 Å². The number of carbonyl (C=O) groups is 2. The Balaban J connectivity index is 1.60. The topological polar surface area (TPSA) is 84.3 Å². The van der Waals surface area contributed by atoms with E-state index in [9.17, 15) is 27.6 Å². The number of nitrogens with zero attached hydrogens (tertiary/aromatic N) is 3. The average Bonchev–Trinajstić information content (AvgIpc) is 3.19. The third-order valence-corrected chi connectivity index (χ3v) is 5.25. The highest BCUT2D eigenvalue weighted by Crippen LogP contribution is 2.30. The molecule has 4 rings (SSSR count). The number of alkyl halides is 3. The smallest absolute Gasteiger partial charge is 0.320 e. The van der Waals surface area contributed by atoms with Crippen LogP contribution in [0, 0.1) is 6.92 Å². The number of aryl methyl sites for hydroxylation is 1. The van der Waals surface area contributed by atoms with Gasteiger partial charge in [0.1, 0.15) is 0 Å². The quantitative estimate of drug-likeness (QED) is 0.645. The van der Waals surface area contributed by atoms with E-state index in [1.807, 2.05) is 0 Å². The monoisotopic (exact) mass is 456 g/mol. The van der Waals surface area contributed by atoms with Gasteiger partial charge in [-0.3, -0.25) is 14.4 Å². The molecule has 0 aliphatic carbocycles. The number of amides is 2. The normalized spacial score (nSPS) is 13.9. The van der Waals surface area contributed by atoms with Crippen LogP contribution in [0.3, 0.4) is 0 Å². The van der Waals surface area contributed by atoms with Crippen molar-refractivity contribution in [1.29, 1.82) is 0 Å². The number of rotatable bonds is 4. The van der Waals surface area contributed by atoms with Crippen LogP contribution in [-0.4, -0.2) is 28.1 Å². The van der Waals surface area contributed by atoms with Crippen LogP contribution in [0.5, 0.6) is 0 Å². The Morgan fingerprint density at radius 3 is 2.39 bits per heavy atom. The van der Waals surface area contributed by atoms with Gasteiger partial charge in [-0.2, -0.15) is 18.3 Å². The Kier molecular flexibility index (Phi) is 5.75. The fraction of sp³-hybridized carbons (Fsp3) is 0.217. The number of hydrogen-bond donors (Lipinski definition) is 1. The van der Waals surface area contributed by atoms with Crippen molar-refractivity contribution >= 4 is 23.2 Å². The van der Waals surface area contributed by atoms with Gasteiger partial charge >= 0.3 is 6.18 Å². The summed E-state index contributed by atoms with van der Waals surface area (Å²) in [6.45, 7) is 2.14. The molecule has 0 radical (unpaired) electrons. The maximum atomic E-state index is 13.1. The molecular weight excluding hydrogens is 437 g/mol. The van der Waals surface area contributed by atoms with E-state index in [0.29, 0.717) is 24.3 Å². The van der Waals surface area contributed by atoms with Gasteiger partial charge in [0.05, 0.1) is 11.3 Å². The molecule has 33 heavy (non-hydrogen) atoms. The maximum Gasteiger partial charge on any atom is 0.416 e. The van der Waals surface area contributed by atoms with E-state index in [0.717, 1.165) is 29.3 Å². The second kappa shape index (κ2) is 8.53. The van der Waals surface area contributed by atoms with Gasteiger partial charge in [0.15, 0.2) is 5.69 Å². The summed E-state index contributed by atoms with van der Waals surface area (Å²) in [5.41, 5.74) is -0.572. The predicted molar refractivity (Wildman–Crippen MR) is 116 cm³/mol. The minimum atomic E-state index is -4.55. The third-order valence-electron chi connectivity index (χ3n) is 5.25. The minimum Gasteiger partial charge on any atom is -0.320 e. The van der Waals surface area contributed by atoms with E-state index in [4.69, 9.17) is 0 Å². The summed E-state index contributed by atoms with van der Waals surface area (Å²) in [6.07, 6.45) is -3.26. The highest BCUT2D eigenvalue weighted by molar-refractivity contribution is 6.03. The molecule has 2 amide bonds. The van der Waals surface area contributed by atoms with Gasteiger partial charge in [-0.15, -0.1) is 0 Å². The Morgan fingerprint density at radius 2 is 1.76 bits per heavy atom. The van der Waals surface area contributed by atoms with Gasteiger partial charge in [0, 0.05) is 36.1 Å². The van der Waals surface area contributed by atoms with Crippen molar-refractivity contribution in [2.75, 3.05) is 16.8 Å². The molecule has 10 heteroatoms. The van der Waals surface area contributed by atoms with Crippen LogP contribution in [0.25, 0.3) is 5.69 Å². The van der Waals surface area contributed by atoms with E-state index < -0.39 is 28.8 Å². The number of carbonyl (C=O) groups excluding carboxylic acids is 2. The Morgan fingerprint density at radius 1 is 1.03 bits per heavy atom. The fourth-order valence-electron chi connectivity index (χ4n) is 3.62. The molecule has 7 nitrogen and oxygen atoms in total. The van der Waals surface area contributed by atoms with E-state index in [2.05, 4.69) is 10.4 Å². The predicted octanol–water partition coefficient (Wildman–Crippen LogP) is 3.94. The zero-order valence-electron chi connectivity index (χ0n) is 17.5. The number of anilines is 2. The Labute approximate surface area is 186 Å². The summed E-state index contributed by atoms with van der Waals surface area (Å²) in [5, 5.41) is 6.59. The van der Waals surface area contributed by atoms with Gasteiger partial charge < -0.3 is 10.2 Å². The molecule has 1 fully saturated rings. The molecule has 1 aliphatic heterocycles. The zero-order chi connectivity index (χ0) is 23.8. The first kappa shape index (κ1) is 22.3. The van der Waals surface area contributed by atoms with Crippen molar-refractivity contribution in [3.63, 3.8) is 0 Å². The molecule has 0 unspecified atom stereocenters. The second-order valence-electron chi connectivity index (χ2n) is 7.61. The van der Waals surface area contributed by atoms with E-state index in [-0.39, 0.29) is 17.3 Å². The van der Waals surface area contributed by atoms with Crippen LogP contribution in [-0.2, 0) is 11.0 Å². The molecule has 1 saturated heterocycles. The zero-order valence-corrected chi connectivity index (χ0v) is 17.5. The largest absolute Gasteiger partial charge is 0.416 e. The molecule has 0 atom stereocenters. The number of aromatic nitrogens is 2. The van der Waals surface area contributed by atoms with Crippen LogP contribution in [0.15, 0.2) is 59.4 Å². The van der Waals surface area contributed by atoms with Crippen molar-refractivity contribution in [3.05, 3.63) is 81.8 Å². The number of nitrogens with one attached hydrogen (secondary N) is 1. The number of benzene rings is 2. The summed E-state index contributed by atoms with van der Waals surface area (Å²) in [5.74, 6) is -0.767. The van der Waals surface area contributed by atoms with Gasteiger partial charge in [-0.25, -0.2) is 4.68 Å². The van der Waals surface area contributed by atoms with Gasteiger partial charge in [0.2, 0.25) is 11.3 Å². The first-order valence-electron chi connectivity index (χ1n) is 10.1. The number of halogens is 3. The van der Waals surface area contributed by atoms with E-state index >= 15 is 0 Å². The maximum absolute atomic E-state index is 13.1. The first-order chi connectivity index (χ1) is 15.6. The van der Waals surface area contributed by atoms with E-state index in [1.54, 1.807) is 29.2 Å². The van der Waals surface area contributed by atoms with Crippen molar-refractivity contribution < 1.29 is 22.8 Å². The molecule has 2 aromatic carbocycles. The fourth-order valence-corrected chi connectivity index (χ4v) is 3.62. The second-order valence-corrected chi connectivity index (χ2v) is 7.61. The molecule has 2 heterocycles. The van der Waals surface area contributed by atoms with Gasteiger partial charge in [0.25, 0.3) is 5.91 Å². The van der Waals surface area contributed by atoms with Gasteiger partial charge in [-0.1, -0.05) is 6.07 Å². The summed E-state index contributed by atoms with van der Waals surface area (Å²) in [4.78, 5) is 38.6. The molecule has 1 aromatic heterocycles. The minimum absolute atomic E-state index is 0.0331. The summed E-state index contributed by atoms with van der Waals surface area (Å²) < 4.78 is 40.4. The van der Waals surface area contributed by atoms with Crippen LogP contribution in [0.2, 0.25) is 0 Å². The molecule has 1 aliphatic rings. The summed E-state index contributed by atoms with van der Waals surface area (Å²) >= 11 is 0. The Hall–Kier alpha value is -3.95. The molecule has 0 spiro atoms. The Bertz CT molecular complexity index is 1280. The lowest BCUT2D eigenvalue weighted by Gasteiger charge is -2.16. The van der Waals surface area contributed by atoms with E-state index in [1.165, 1.54) is 19.1 Å². The van der Waals surface area contributed by atoms with Crippen LogP contribution in [0.1, 0.15) is 34.6 Å². The molecular formula is C23H19F3N4O3. The highest BCUT2D eigenvalue weighted by atomic mass is 19.4. The molecule has 1 N–H and O–H groups in total. The molecule has 170 valence electrons. The van der Waals surface area contributed by atoms with Crippen molar-refractivity contribution in [3.8, 4) is 5.69 Å². The summed E-state index contributed by atoms with van der Waals surface area (Å²) in [7, 11) is 0. The van der Waals surface area contributed by atoms with Crippen LogP contribution >= 0.6 is 0 Å². The van der Waals surface area contributed by atoms with Crippen molar-refractivity contribution in [2.24, 2.45) is 0 Å². The molecule has 3 aromatic rings. The molecule has 0 bridgehead atoms. The first-order valence-corrected chi connectivity index (χ1v) is 10.1. The average molecular weight is 456 g/mol. The standard InChI is InChI=1S/C23H19F3N4O3/c1-14-12-19(31)21(28-30(14)18-5-2-4-15(13-18)23(24,25)26)22(33)27-16-7-9-17(10-8-16)29-11-3-6-20(29)32/h2,4-5,7-10,12-13H,3,6,11H2,1H3,(H,27,33). The third kappa shape index (κ3) is 4.64. The van der Waals surface area contributed by atoms with Crippen molar-refractivity contribution in [1.82, 2.24) is 9.78 Å².